The summed E-state index contributed by atoms with van der Waals surface area (Å²) >= 11 is 0. The fourth-order valence-corrected chi connectivity index (χ4v) is 4.46. The zero-order valence-corrected chi connectivity index (χ0v) is 17.1. The molecule has 3 aromatic heterocycles. The first-order valence-corrected chi connectivity index (χ1v) is 9.41. The molecular weight excluding hydrogens is 445 g/mol. The molecule has 1 aliphatic heterocycles. The van der Waals surface area contributed by atoms with Gasteiger partial charge in [0.05, 0.1) is 0 Å². The molecule has 6 rings (SSSR count). The Morgan fingerprint density at radius 2 is 1.59 bits per heavy atom. The number of pyridine rings is 2. The monoisotopic (exact) mass is 465 g/mol. The number of rotatable bonds is 1. The van der Waals surface area contributed by atoms with Crippen molar-refractivity contribution in [2.45, 2.75) is 12.8 Å². The number of aromatic nitrogens is 2. The lowest BCUT2D eigenvalue weighted by Gasteiger charge is -2.17. The maximum atomic E-state index is 2.50. The van der Waals surface area contributed by atoms with E-state index >= 15 is 0 Å². The first-order chi connectivity index (χ1) is 12.9. The maximum Gasteiger partial charge on any atom is 0.292 e. The summed E-state index contributed by atoms with van der Waals surface area (Å²) in [5.74, 6) is 0. The van der Waals surface area contributed by atoms with Gasteiger partial charge in [0.25, 0.3) is 5.65 Å². The number of imidazole rings is 1. The number of hydrogen-bond acceptors (Lipinski definition) is 1. The number of nitrogens with zero attached hydrogens (tertiary/aromatic N) is 3. The van der Waals surface area contributed by atoms with Gasteiger partial charge in [0, 0.05) is 35.6 Å². The molecule has 0 bridgehead atoms. The molecule has 2 aromatic carbocycles. The van der Waals surface area contributed by atoms with E-state index in [1.54, 1.807) is 0 Å². The second-order valence-electron chi connectivity index (χ2n) is 7.28. The molecule has 0 atom stereocenters. The molecule has 1 saturated heterocycles. The molecule has 134 valence electrons. The summed E-state index contributed by atoms with van der Waals surface area (Å²) in [6.07, 6.45) is 4.86. The van der Waals surface area contributed by atoms with Gasteiger partial charge in [-0.3, -0.25) is 0 Å². The number of fused-ring (bicyclic) bond motifs is 7. The lowest BCUT2D eigenvalue weighted by Crippen LogP contribution is -3.00. The highest BCUT2D eigenvalue weighted by molar-refractivity contribution is 5.88. The van der Waals surface area contributed by atoms with Crippen molar-refractivity contribution in [1.82, 2.24) is 4.40 Å². The second kappa shape index (κ2) is 6.37. The molecule has 1 fully saturated rings. The van der Waals surface area contributed by atoms with Crippen LogP contribution in [0.4, 0.5) is 5.69 Å². The van der Waals surface area contributed by atoms with Crippen LogP contribution in [0, 0.1) is 0 Å². The highest BCUT2D eigenvalue weighted by Crippen LogP contribution is 2.27. The minimum absolute atomic E-state index is 0. The summed E-state index contributed by atoms with van der Waals surface area (Å²) in [6, 6.07) is 24.4. The third kappa shape index (κ3) is 2.50. The molecule has 0 saturated carbocycles. The Kier molecular flexibility index (Phi) is 3.97. The third-order valence-corrected chi connectivity index (χ3v) is 5.76. The number of para-hydroxylation sites is 1. The van der Waals surface area contributed by atoms with E-state index in [2.05, 4.69) is 86.6 Å². The van der Waals surface area contributed by atoms with E-state index in [0.717, 1.165) is 0 Å². The van der Waals surface area contributed by atoms with Crippen molar-refractivity contribution in [1.29, 1.82) is 0 Å². The fourth-order valence-electron chi connectivity index (χ4n) is 4.46. The van der Waals surface area contributed by atoms with Gasteiger partial charge >= 0.3 is 0 Å². The lowest BCUT2D eigenvalue weighted by molar-refractivity contribution is -0.479. The summed E-state index contributed by atoms with van der Waals surface area (Å²) in [5.41, 5.74) is 6.30. The third-order valence-electron chi connectivity index (χ3n) is 5.76. The first-order valence-electron chi connectivity index (χ1n) is 9.41. The van der Waals surface area contributed by atoms with Crippen molar-refractivity contribution >= 4 is 38.7 Å². The highest BCUT2D eigenvalue weighted by atomic mass is 127. The van der Waals surface area contributed by atoms with Gasteiger partial charge in [-0.05, 0) is 55.3 Å². The molecule has 0 aliphatic carbocycles. The van der Waals surface area contributed by atoms with Gasteiger partial charge in [-0.2, -0.15) is 8.80 Å². The molecular formula is C23H20IN3. The zero-order valence-electron chi connectivity index (χ0n) is 15.0. The minimum atomic E-state index is 0. The Morgan fingerprint density at radius 3 is 2.48 bits per heavy atom. The van der Waals surface area contributed by atoms with E-state index in [-0.39, 0.29) is 24.0 Å². The quantitative estimate of drug-likeness (QED) is 0.271. The molecule has 0 N–H and O–H groups in total. The van der Waals surface area contributed by atoms with E-state index < -0.39 is 0 Å². The maximum absolute atomic E-state index is 2.50. The van der Waals surface area contributed by atoms with Crippen molar-refractivity contribution in [3.8, 4) is 0 Å². The van der Waals surface area contributed by atoms with Gasteiger partial charge in [-0.1, -0.05) is 18.2 Å². The largest absolute Gasteiger partial charge is 1.00 e. The molecule has 4 heterocycles. The lowest BCUT2D eigenvalue weighted by atomic mass is 10.1. The van der Waals surface area contributed by atoms with E-state index in [0.29, 0.717) is 0 Å². The minimum Gasteiger partial charge on any atom is -1.00 e. The van der Waals surface area contributed by atoms with Crippen LogP contribution in [0.25, 0.3) is 33.0 Å². The first kappa shape index (κ1) is 16.8. The Morgan fingerprint density at radius 1 is 0.778 bits per heavy atom. The molecule has 0 spiro atoms. The van der Waals surface area contributed by atoms with Crippen LogP contribution in [-0.2, 0) is 0 Å². The van der Waals surface area contributed by atoms with E-state index in [4.69, 9.17) is 0 Å². The molecule has 27 heavy (non-hydrogen) atoms. The zero-order chi connectivity index (χ0) is 17.1. The van der Waals surface area contributed by atoms with Crippen molar-refractivity contribution < 1.29 is 28.4 Å². The van der Waals surface area contributed by atoms with Gasteiger partial charge in [0.1, 0.15) is 17.2 Å². The topological polar surface area (TPSA) is 11.8 Å². The normalized spacial score (nSPS) is 14.4. The Hall–Kier alpha value is -2.34. The molecule has 5 aromatic rings. The van der Waals surface area contributed by atoms with Crippen LogP contribution in [0.2, 0.25) is 0 Å². The van der Waals surface area contributed by atoms with Crippen LogP contribution in [0.15, 0.2) is 72.9 Å². The predicted molar refractivity (Wildman–Crippen MR) is 107 cm³/mol. The van der Waals surface area contributed by atoms with Gasteiger partial charge in [0.15, 0.2) is 5.52 Å². The van der Waals surface area contributed by atoms with Crippen molar-refractivity contribution in [3.05, 3.63) is 72.9 Å². The molecule has 0 unspecified atom stereocenters. The average Bonchev–Trinajstić information content (AvgIpc) is 3.35. The fraction of sp³-hybridized carbons (Fsp3) is 0.174. The van der Waals surface area contributed by atoms with Crippen LogP contribution in [-0.4, -0.2) is 17.5 Å². The summed E-state index contributed by atoms with van der Waals surface area (Å²) in [6.45, 7) is 2.37. The number of halogens is 1. The Labute approximate surface area is 174 Å². The molecule has 0 radical (unpaired) electrons. The highest BCUT2D eigenvalue weighted by Gasteiger charge is 2.18. The van der Waals surface area contributed by atoms with Crippen LogP contribution in [0.5, 0.6) is 0 Å². The number of hydrogen-bond donors (Lipinski definition) is 0. The molecule has 3 nitrogen and oxygen atoms in total. The summed E-state index contributed by atoms with van der Waals surface area (Å²) in [5, 5.41) is 2.56. The number of benzene rings is 2. The van der Waals surface area contributed by atoms with Gasteiger partial charge in [-0.25, -0.2) is 0 Å². The summed E-state index contributed by atoms with van der Waals surface area (Å²) < 4.78 is 4.67. The summed E-state index contributed by atoms with van der Waals surface area (Å²) in [7, 11) is 0. The SMILES string of the molecule is [I-].c1ccc2c(c1)ccc1n3c(ccc4cc(N5CCCC5)ccc43)c[n+]21. The smallest absolute Gasteiger partial charge is 0.292 e. The Balaban J connectivity index is 0.00000160. The van der Waals surface area contributed by atoms with E-state index in [9.17, 15) is 0 Å². The Bertz CT molecular complexity index is 1300. The molecule has 1 aliphatic rings. The predicted octanol–water partition coefficient (Wildman–Crippen LogP) is 1.59. The summed E-state index contributed by atoms with van der Waals surface area (Å²) in [4.78, 5) is 2.50. The standard InChI is InChI=1S/C23H20N3.HI/c1-2-6-21-17(5-1)8-12-23-25(21)16-20-9-7-18-15-19(24-13-3-4-14-24)10-11-22(18)26(20)23;/h1-2,5-12,15-16H,3-4,13-14H2;1H/q+1;/p-1. The van der Waals surface area contributed by atoms with Crippen molar-refractivity contribution in [2.24, 2.45) is 0 Å². The average molecular weight is 465 g/mol. The van der Waals surface area contributed by atoms with E-state index in [1.165, 1.54) is 64.6 Å². The molecule has 0 amide bonds. The van der Waals surface area contributed by atoms with Crippen LogP contribution < -0.4 is 33.3 Å². The van der Waals surface area contributed by atoms with Crippen molar-refractivity contribution in [3.63, 3.8) is 0 Å². The van der Waals surface area contributed by atoms with E-state index in [1.807, 2.05) is 0 Å². The molecule has 4 heteroatoms. The van der Waals surface area contributed by atoms with Crippen molar-refractivity contribution in [2.75, 3.05) is 18.0 Å². The van der Waals surface area contributed by atoms with Crippen LogP contribution in [0.3, 0.4) is 0 Å². The van der Waals surface area contributed by atoms with Crippen LogP contribution in [0.1, 0.15) is 12.8 Å². The number of anilines is 1. The van der Waals surface area contributed by atoms with Crippen LogP contribution >= 0.6 is 0 Å². The second-order valence-corrected chi connectivity index (χ2v) is 7.28. The van der Waals surface area contributed by atoms with Gasteiger partial charge < -0.3 is 28.9 Å². The van der Waals surface area contributed by atoms with Gasteiger partial charge in [-0.15, -0.1) is 0 Å². The van der Waals surface area contributed by atoms with Gasteiger partial charge in [0.2, 0.25) is 0 Å².